The van der Waals surface area contributed by atoms with E-state index in [1.54, 1.807) is 11.3 Å². The van der Waals surface area contributed by atoms with Crippen LogP contribution in [0.25, 0.3) is 0 Å². The van der Waals surface area contributed by atoms with Crippen molar-refractivity contribution in [3.8, 4) is 0 Å². The number of carbonyl (C=O) groups is 1. The molecule has 0 saturated carbocycles. The van der Waals surface area contributed by atoms with Crippen LogP contribution in [0.15, 0.2) is 4.34 Å². The van der Waals surface area contributed by atoms with Gasteiger partial charge in [-0.25, -0.2) is 4.98 Å². The summed E-state index contributed by atoms with van der Waals surface area (Å²) in [6.45, 7) is 7.86. The van der Waals surface area contributed by atoms with Crippen molar-refractivity contribution in [2.24, 2.45) is 0 Å². The first-order chi connectivity index (χ1) is 9.45. The second-order valence-corrected chi connectivity index (χ2v) is 8.15. The molecule has 0 aliphatic rings. The third-order valence-electron chi connectivity index (χ3n) is 2.56. The summed E-state index contributed by atoms with van der Waals surface area (Å²) < 4.78 is 0.825. The number of thiazole rings is 1. The maximum absolute atomic E-state index is 11.9. The summed E-state index contributed by atoms with van der Waals surface area (Å²) >= 11 is 4.57. The monoisotopic (exact) mass is 328 g/mol. The molecule has 2 aromatic heterocycles. The molecule has 0 spiro atoms. The summed E-state index contributed by atoms with van der Waals surface area (Å²) in [5, 5.41) is 12.8. The molecule has 0 bridgehead atoms. The fraction of sp³-hybridized carbons (Fsp3) is 0.500. The summed E-state index contributed by atoms with van der Waals surface area (Å²) in [6.07, 6.45) is 0. The summed E-state index contributed by atoms with van der Waals surface area (Å²) in [5.74, 6) is 0.335. The highest BCUT2D eigenvalue weighted by Gasteiger charge is 2.16. The molecule has 0 aromatic carbocycles. The van der Waals surface area contributed by atoms with E-state index >= 15 is 0 Å². The van der Waals surface area contributed by atoms with Gasteiger partial charge in [0, 0.05) is 4.88 Å². The summed E-state index contributed by atoms with van der Waals surface area (Å²) in [7, 11) is 0. The van der Waals surface area contributed by atoms with Crippen LogP contribution >= 0.6 is 34.4 Å². The number of aryl methyl sites for hydroxylation is 3. The van der Waals surface area contributed by atoms with Crippen LogP contribution in [0.1, 0.15) is 33.6 Å². The molecule has 2 aromatic rings. The minimum Gasteiger partial charge on any atom is -0.347 e. The van der Waals surface area contributed by atoms with E-state index in [2.05, 4.69) is 20.5 Å². The number of thioether (sulfide) groups is 1. The number of nitrogens with one attached hydrogen (secondary N) is 1. The summed E-state index contributed by atoms with van der Waals surface area (Å²) in [6, 6.07) is -0.0655. The molecule has 0 unspecified atom stereocenters. The molecule has 0 aliphatic heterocycles. The number of carbonyl (C=O) groups excluding carboxylic acids is 1. The van der Waals surface area contributed by atoms with E-state index in [1.807, 2.05) is 27.7 Å². The van der Waals surface area contributed by atoms with Gasteiger partial charge < -0.3 is 5.32 Å². The van der Waals surface area contributed by atoms with Crippen LogP contribution < -0.4 is 5.32 Å². The van der Waals surface area contributed by atoms with Crippen LogP contribution in [0, 0.1) is 20.8 Å². The highest BCUT2D eigenvalue weighted by Crippen LogP contribution is 2.24. The van der Waals surface area contributed by atoms with Gasteiger partial charge in [0.2, 0.25) is 5.91 Å². The quantitative estimate of drug-likeness (QED) is 0.855. The van der Waals surface area contributed by atoms with Gasteiger partial charge in [-0.2, -0.15) is 0 Å². The van der Waals surface area contributed by atoms with E-state index in [0.717, 1.165) is 24.9 Å². The Balaban J connectivity index is 1.86. The largest absolute Gasteiger partial charge is 0.347 e. The third-order valence-corrected chi connectivity index (χ3v) is 5.44. The van der Waals surface area contributed by atoms with Crippen molar-refractivity contribution in [3.05, 3.63) is 20.6 Å². The number of hydrogen-bond donors (Lipinski definition) is 1. The van der Waals surface area contributed by atoms with Gasteiger partial charge in [0.25, 0.3) is 0 Å². The lowest BCUT2D eigenvalue weighted by Crippen LogP contribution is -2.28. The van der Waals surface area contributed by atoms with Gasteiger partial charge in [0.05, 0.1) is 22.5 Å². The number of hydrogen-bond acceptors (Lipinski definition) is 7. The molecular weight excluding hydrogens is 312 g/mol. The highest BCUT2D eigenvalue weighted by molar-refractivity contribution is 8.01. The fourth-order valence-electron chi connectivity index (χ4n) is 1.76. The van der Waals surface area contributed by atoms with Gasteiger partial charge in [-0.1, -0.05) is 23.1 Å². The Morgan fingerprint density at radius 2 is 2.00 bits per heavy atom. The minimum atomic E-state index is -0.0655. The minimum absolute atomic E-state index is 0.0135. The van der Waals surface area contributed by atoms with Gasteiger partial charge >= 0.3 is 0 Å². The average Bonchev–Trinajstić information content (AvgIpc) is 2.92. The van der Waals surface area contributed by atoms with Gasteiger partial charge in [-0.05, 0) is 27.7 Å². The average molecular weight is 328 g/mol. The normalized spacial score (nSPS) is 12.4. The zero-order valence-corrected chi connectivity index (χ0v) is 14.2. The lowest BCUT2D eigenvalue weighted by atomic mass is 10.2. The van der Waals surface area contributed by atoms with Crippen LogP contribution in [0.5, 0.6) is 0 Å². The van der Waals surface area contributed by atoms with Crippen LogP contribution in [0.2, 0.25) is 0 Å². The molecule has 8 heteroatoms. The summed E-state index contributed by atoms with van der Waals surface area (Å²) in [5.41, 5.74) is 0.956. The van der Waals surface area contributed by atoms with Crippen molar-refractivity contribution < 1.29 is 4.79 Å². The summed E-state index contributed by atoms with van der Waals surface area (Å²) in [4.78, 5) is 17.5. The Morgan fingerprint density at radius 3 is 2.55 bits per heavy atom. The Kier molecular flexibility index (Phi) is 5.11. The smallest absolute Gasteiger partial charge is 0.230 e. The first-order valence-corrected chi connectivity index (χ1v) is 8.73. The van der Waals surface area contributed by atoms with E-state index in [0.29, 0.717) is 5.75 Å². The molecule has 1 N–H and O–H groups in total. The molecule has 20 heavy (non-hydrogen) atoms. The molecule has 5 nitrogen and oxygen atoms in total. The molecule has 0 fully saturated rings. The number of aromatic nitrogens is 3. The standard InChI is InChI=1S/C12H16N4OS3/c1-6(11-7(2)19-8(3)14-11)13-10(17)5-18-12-16-15-9(4)20-12/h6H,5H2,1-4H3,(H,13,17)/t6-/m1/s1. The zero-order chi connectivity index (χ0) is 14.7. The van der Waals surface area contributed by atoms with Crippen molar-refractivity contribution in [2.45, 2.75) is 38.1 Å². The van der Waals surface area contributed by atoms with Crippen LogP contribution in [-0.4, -0.2) is 26.8 Å². The molecule has 1 amide bonds. The molecule has 0 saturated heterocycles. The molecule has 2 heterocycles. The third kappa shape index (κ3) is 4.00. The highest BCUT2D eigenvalue weighted by atomic mass is 32.2. The van der Waals surface area contributed by atoms with Crippen molar-refractivity contribution >= 4 is 40.3 Å². The van der Waals surface area contributed by atoms with Gasteiger partial charge in [0.1, 0.15) is 5.01 Å². The Morgan fingerprint density at radius 1 is 1.25 bits per heavy atom. The second kappa shape index (κ2) is 6.64. The van der Waals surface area contributed by atoms with E-state index in [4.69, 9.17) is 0 Å². The molecule has 2 rings (SSSR count). The number of nitrogens with zero attached hydrogens (tertiary/aromatic N) is 3. The first kappa shape index (κ1) is 15.4. The SMILES string of the molecule is Cc1nnc(SCC(=O)N[C@H](C)c2nc(C)sc2C)s1. The van der Waals surface area contributed by atoms with Gasteiger partial charge in [-0.15, -0.1) is 21.5 Å². The maximum Gasteiger partial charge on any atom is 0.230 e. The maximum atomic E-state index is 11.9. The van der Waals surface area contributed by atoms with Gasteiger partial charge in [-0.3, -0.25) is 4.79 Å². The topological polar surface area (TPSA) is 67.8 Å². The molecule has 1 atom stereocenters. The lowest BCUT2D eigenvalue weighted by Gasteiger charge is -2.12. The predicted molar refractivity (Wildman–Crippen MR) is 83.5 cm³/mol. The van der Waals surface area contributed by atoms with Gasteiger partial charge in [0.15, 0.2) is 4.34 Å². The number of rotatable bonds is 5. The molecule has 108 valence electrons. The van der Waals surface area contributed by atoms with Crippen molar-refractivity contribution in [3.63, 3.8) is 0 Å². The van der Waals surface area contributed by atoms with E-state index in [-0.39, 0.29) is 11.9 Å². The molecule has 0 aliphatic carbocycles. The number of amides is 1. The zero-order valence-electron chi connectivity index (χ0n) is 11.8. The second-order valence-electron chi connectivity index (χ2n) is 4.34. The van der Waals surface area contributed by atoms with Crippen LogP contribution in [-0.2, 0) is 4.79 Å². The van der Waals surface area contributed by atoms with Crippen molar-refractivity contribution in [1.29, 1.82) is 0 Å². The molecular formula is C12H16N4OS3. The predicted octanol–water partition coefficient (Wildman–Crippen LogP) is 2.89. The van der Waals surface area contributed by atoms with Crippen molar-refractivity contribution in [2.75, 3.05) is 5.75 Å². The molecule has 0 radical (unpaired) electrons. The Labute approximate surface area is 130 Å². The van der Waals surface area contributed by atoms with Crippen LogP contribution in [0.4, 0.5) is 0 Å². The first-order valence-electron chi connectivity index (χ1n) is 6.12. The van der Waals surface area contributed by atoms with E-state index < -0.39 is 0 Å². The lowest BCUT2D eigenvalue weighted by molar-refractivity contribution is -0.119. The fourth-order valence-corrected chi connectivity index (χ4v) is 4.30. The Bertz CT molecular complexity index is 608. The van der Waals surface area contributed by atoms with E-state index in [1.165, 1.54) is 23.1 Å². The van der Waals surface area contributed by atoms with Crippen molar-refractivity contribution in [1.82, 2.24) is 20.5 Å². The van der Waals surface area contributed by atoms with E-state index in [9.17, 15) is 4.79 Å². The van der Waals surface area contributed by atoms with Crippen LogP contribution in [0.3, 0.4) is 0 Å². The Hall–Kier alpha value is -0.990.